The molecule has 0 aromatic heterocycles. The number of carbonyl (C=O) groups is 3. The molecule has 1 aliphatic carbocycles. The van der Waals surface area contributed by atoms with Gasteiger partial charge in [0.15, 0.2) is 18.2 Å². The summed E-state index contributed by atoms with van der Waals surface area (Å²) in [5, 5.41) is 4.49. The van der Waals surface area contributed by atoms with Crippen molar-refractivity contribution in [1.29, 1.82) is 0 Å². The molecule has 0 aliphatic heterocycles. The van der Waals surface area contributed by atoms with Gasteiger partial charge in [-0.15, -0.1) is 0 Å². The van der Waals surface area contributed by atoms with Gasteiger partial charge in [0.25, 0.3) is 5.91 Å². The average molecular weight is 385 g/mol. The first-order valence-electron chi connectivity index (χ1n) is 8.28. The van der Waals surface area contributed by atoms with Crippen LogP contribution in [0.1, 0.15) is 33.2 Å². The third kappa shape index (κ3) is 3.90. The molecule has 138 valence electrons. The number of rotatable bonds is 5. The lowest BCUT2D eigenvalue weighted by Gasteiger charge is -2.09. The lowest BCUT2D eigenvalue weighted by Crippen LogP contribution is -2.29. The maximum Gasteiger partial charge on any atom is 0.277 e. The van der Waals surface area contributed by atoms with Gasteiger partial charge in [0, 0.05) is 16.1 Å². The van der Waals surface area contributed by atoms with Crippen LogP contribution in [-0.4, -0.2) is 29.8 Å². The largest absolute Gasteiger partial charge is 0.483 e. The van der Waals surface area contributed by atoms with Crippen molar-refractivity contribution in [3.05, 3.63) is 64.2 Å². The fourth-order valence-electron chi connectivity index (χ4n) is 2.89. The number of fused-ring (bicyclic) bond motifs is 1. The number of benzene rings is 2. The summed E-state index contributed by atoms with van der Waals surface area (Å²) in [7, 11) is 0. The number of Topliss-reactive ketones (excluding diaryl/α,β-unsaturated/α-hetero) is 2. The Balaban J connectivity index is 1.61. The molecule has 0 bridgehead atoms. The predicted molar refractivity (Wildman–Crippen MR) is 102 cm³/mol. The monoisotopic (exact) mass is 384 g/mol. The van der Waals surface area contributed by atoms with E-state index in [-0.39, 0.29) is 23.9 Å². The van der Waals surface area contributed by atoms with Gasteiger partial charge in [-0.2, -0.15) is 5.10 Å². The van der Waals surface area contributed by atoms with E-state index in [0.29, 0.717) is 21.9 Å². The SMILES string of the molecule is CC(=NNC(=O)COc1ccc(Cl)cc1C)C1C(=O)c2ccccc2C1=O. The third-order valence-electron chi connectivity index (χ3n) is 4.25. The highest BCUT2D eigenvalue weighted by atomic mass is 35.5. The highest BCUT2D eigenvalue weighted by molar-refractivity contribution is 6.36. The molecule has 0 saturated carbocycles. The van der Waals surface area contributed by atoms with Crippen molar-refractivity contribution in [2.75, 3.05) is 6.61 Å². The number of hydrogen-bond acceptors (Lipinski definition) is 5. The number of hydrazone groups is 1. The number of ketones is 2. The summed E-state index contributed by atoms with van der Waals surface area (Å²) in [6.07, 6.45) is 0. The average Bonchev–Trinajstić information content (AvgIpc) is 2.90. The van der Waals surface area contributed by atoms with Crippen molar-refractivity contribution in [3.8, 4) is 5.75 Å². The van der Waals surface area contributed by atoms with E-state index in [4.69, 9.17) is 16.3 Å². The molecule has 7 heteroatoms. The van der Waals surface area contributed by atoms with E-state index in [2.05, 4.69) is 10.5 Å². The fraction of sp³-hybridized carbons (Fsp3) is 0.200. The minimum absolute atomic E-state index is 0.234. The highest BCUT2D eigenvalue weighted by Gasteiger charge is 2.40. The first-order valence-corrected chi connectivity index (χ1v) is 8.65. The number of ether oxygens (including phenoxy) is 1. The van der Waals surface area contributed by atoms with Crippen LogP contribution in [0.4, 0.5) is 0 Å². The summed E-state index contributed by atoms with van der Waals surface area (Å²) < 4.78 is 5.43. The van der Waals surface area contributed by atoms with Gasteiger partial charge in [-0.05, 0) is 37.6 Å². The van der Waals surface area contributed by atoms with Crippen LogP contribution < -0.4 is 10.2 Å². The van der Waals surface area contributed by atoms with Crippen LogP contribution in [-0.2, 0) is 4.79 Å². The molecule has 0 saturated heterocycles. The minimum Gasteiger partial charge on any atom is -0.483 e. The van der Waals surface area contributed by atoms with Gasteiger partial charge >= 0.3 is 0 Å². The third-order valence-corrected chi connectivity index (χ3v) is 4.49. The Morgan fingerprint density at radius 2 is 1.78 bits per heavy atom. The number of carbonyl (C=O) groups excluding carboxylic acids is 3. The summed E-state index contributed by atoms with van der Waals surface area (Å²) >= 11 is 5.88. The molecule has 3 rings (SSSR count). The van der Waals surface area contributed by atoms with Crippen LogP contribution in [0.2, 0.25) is 5.02 Å². The molecule has 0 heterocycles. The summed E-state index contributed by atoms with van der Waals surface area (Å²) in [5.74, 6) is -1.58. The molecule has 27 heavy (non-hydrogen) atoms. The van der Waals surface area contributed by atoms with E-state index in [1.54, 1.807) is 42.5 Å². The lowest BCUT2D eigenvalue weighted by molar-refractivity contribution is -0.123. The summed E-state index contributed by atoms with van der Waals surface area (Å²) in [5.41, 5.74) is 4.12. The maximum absolute atomic E-state index is 12.4. The molecule has 0 atom stereocenters. The molecule has 0 unspecified atom stereocenters. The standard InChI is InChI=1S/C20H17ClN2O4/c1-11-9-13(21)7-8-16(11)27-10-17(24)23-22-12(2)18-19(25)14-5-3-4-6-15(14)20(18)26/h3-9,18H,10H2,1-2H3,(H,23,24). The van der Waals surface area contributed by atoms with Crippen LogP contribution in [0.3, 0.4) is 0 Å². The number of nitrogens with zero attached hydrogens (tertiary/aromatic N) is 1. The molecule has 2 aromatic rings. The second-order valence-electron chi connectivity index (χ2n) is 6.19. The Hall–Kier alpha value is -2.99. The Kier molecular flexibility index (Phi) is 5.37. The van der Waals surface area contributed by atoms with Crippen molar-refractivity contribution < 1.29 is 19.1 Å². The Bertz CT molecular complexity index is 933. The van der Waals surface area contributed by atoms with E-state index in [0.717, 1.165) is 5.56 Å². The second-order valence-corrected chi connectivity index (χ2v) is 6.63. The number of hydrogen-bond donors (Lipinski definition) is 1. The zero-order chi connectivity index (χ0) is 19.6. The molecular formula is C20H17ClN2O4. The van der Waals surface area contributed by atoms with E-state index in [1.807, 2.05) is 6.92 Å². The lowest BCUT2D eigenvalue weighted by atomic mass is 9.99. The van der Waals surface area contributed by atoms with Crippen molar-refractivity contribution in [1.82, 2.24) is 5.43 Å². The summed E-state index contributed by atoms with van der Waals surface area (Å²) in [6, 6.07) is 11.7. The highest BCUT2D eigenvalue weighted by Crippen LogP contribution is 2.27. The van der Waals surface area contributed by atoms with E-state index in [1.165, 1.54) is 6.92 Å². The smallest absolute Gasteiger partial charge is 0.277 e. The zero-order valence-electron chi connectivity index (χ0n) is 14.8. The van der Waals surface area contributed by atoms with Gasteiger partial charge in [0.05, 0.1) is 5.71 Å². The molecule has 1 aliphatic rings. The first kappa shape index (κ1) is 18.8. The normalized spacial score (nSPS) is 14.3. The molecule has 0 spiro atoms. The van der Waals surface area contributed by atoms with Crippen molar-refractivity contribution in [2.24, 2.45) is 11.0 Å². The molecule has 1 amide bonds. The second kappa shape index (κ2) is 7.72. The van der Waals surface area contributed by atoms with Crippen molar-refractivity contribution in [2.45, 2.75) is 13.8 Å². The molecule has 1 N–H and O–H groups in total. The molecule has 0 radical (unpaired) electrons. The number of halogens is 1. The molecule has 0 fully saturated rings. The minimum atomic E-state index is -0.998. The van der Waals surface area contributed by atoms with Gasteiger partial charge in [-0.1, -0.05) is 35.9 Å². The molecular weight excluding hydrogens is 368 g/mol. The van der Waals surface area contributed by atoms with Gasteiger partial charge < -0.3 is 4.74 Å². The number of aryl methyl sites for hydroxylation is 1. The number of amides is 1. The fourth-order valence-corrected chi connectivity index (χ4v) is 3.11. The van der Waals surface area contributed by atoms with Gasteiger partial charge in [0.2, 0.25) is 0 Å². The van der Waals surface area contributed by atoms with Gasteiger partial charge in [0.1, 0.15) is 11.7 Å². The molecule has 2 aromatic carbocycles. The van der Waals surface area contributed by atoms with Crippen LogP contribution in [0.25, 0.3) is 0 Å². The van der Waals surface area contributed by atoms with E-state index < -0.39 is 11.8 Å². The molecule has 6 nitrogen and oxygen atoms in total. The van der Waals surface area contributed by atoms with E-state index >= 15 is 0 Å². The summed E-state index contributed by atoms with van der Waals surface area (Å²) in [6.45, 7) is 3.10. The Morgan fingerprint density at radius 1 is 1.15 bits per heavy atom. The van der Waals surface area contributed by atoms with Crippen LogP contribution in [0, 0.1) is 12.8 Å². The van der Waals surface area contributed by atoms with Gasteiger partial charge in [-0.25, -0.2) is 5.43 Å². The topological polar surface area (TPSA) is 84.8 Å². The van der Waals surface area contributed by atoms with Crippen LogP contribution in [0.5, 0.6) is 5.75 Å². The quantitative estimate of drug-likeness (QED) is 0.487. The Labute approximate surface area is 161 Å². The van der Waals surface area contributed by atoms with Crippen LogP contribution >= 0.6 is 11.6 Å². The predicted octanol–water partition coefficient (Wildman–Crippen LogP) is 3.21. The van der Waals surface area contributed by atoms with E-state index in [9.17, 15) is 14.4 Å². The number of nitrogens with one attached hydrogen (secondary N) is 1. The van der Waals surface area contributed by atoms with Crippen molar-refractivity contribution in [3.63, 3.8) is 0 Å². The zero-order valence-corrected chi connectivity index (χ0v) is 15.5. The van der Waals surface area contributed by atoms with Gasteiger partial charge in [-0.3, -0.25) is 14.4 Å². The summed E-state index contributed by atoms with van der Waals surface area (Å²) in [4.78, 5) is 36.8. The maximum atomic E-state index is 12.4. The van der Waals surface area contributed by atoms with Crippen molar-refractivity contribution >= 4 is 34.8 Å². The Morgan fingerprint density at radius 3 is 2.37 bits per heavy atom. The first-order chi connectivity index (χ1) is 12.9. The van der Waals surface area contributed by atoms with Crippen LogP contribution in [0.15, 0.2) is 47.6 Å².